The first-order chi connectivity index (χ1) is 7.88. The first-order valence-electron chi connectivity index (χ1n) is 5.16. The molecule has 0 atom stereocenters. The van der Waals surface area contributed by atoms with E-state index in [2.05, 4.69) is 33.7 Å². The SMILES string of the molecule is CCCNc1cncc(Sc2cccs2)n1. The molecule has 84 valence electrons. The average molecular weight is 251 g/mol. The maximum atomic E-state index is 4.48. The number of anilines is 1. The monoisotopic (exact) mass is 251 g/mol. The molecule has 3 nitrogen and oxygen atoms in total. The Labute approximate surface area is 103 Å². The lowest BCUT2D eigenvalue weighted by Gasteiger charge is -2.04. The molecule has 0 saturated heterocycles. The maximum absolute atomic E-state index is 4.48. The maximum Gasteiger partial charge on any atom is 0.145 e. The molecule has 2 rings (SSSR count). The molecular formula is C11H13N3S2. The van der Waals surface area contributed by atoms with Crippen LogP contribution in [0.2, 0.25) is 0 Å². The molecule has 0 fully saturated rings. The van der Waals surface area contributed by atoms with E-state index in [1.54, 1.807) is 35.5 Å². The minimum absolute atomic E-state index is 0.850. The summed E-state index contributed by atoms with van der Waals surface area (Å²) in [7, 11) is 0. The topological polar surface area (TPSA) is 37.8 Å². The Kier molecular flexibility index (Phi) is 4.18. The molecule has 0 bridgehead atoms. The van der Waals surface area contributed by atoms with E-state index in [1.165, 1.54) is 4.21 Å². The highest BCUT2D eigenvalue weighted by Crippen LogP contribution is 2.29. The van der Waals surface area contributed by atoms with Crippen molar-refractivity contribution >= 4 is 28.9 Å². The highest BCUT2D eigenvalue weighted by atomic mass is 32.2. The molecule has 0 aliphatic heterocycles. The average Bonchev–Trinajstić information content (AvgIpc) is 2.80. The van der Waals surface area contributed by atoms with Gasteiger partial charge in [0.15, 0.2) is 0 Å². The van der Waals surface area contributed by atoms with Crippen molar-refractivity contribution in [2.24, 2.45) is 0 Å². The van der Waals surface area contributed by atoms with Gasteiger partial charge in [0.25, 0.3) is 0 Å². The van der Waals surface area contributed by atoms with Gasteiger partial charge in [-0.3, -0.25) is 4.98 Å². The Balaban J connectivity index is 2.04. The van der Waals surface area contributed by atoms with Crippen molar-refractivity contribution in [2.75, 3.05) is 11.9 Å². The summed E-state index contributed by atoms with van der Waals surface area (Å²) in [6.45, 7) is 3.06. The summed E-state index contributed by atoms with van der Waals surface area (Å²) in [5.74, 6) is 0.850. The number of hydrogen-bond donors (Lipinski definition) is 1. The van der Waals surface area contributed by atoms with Crippen molar-refractivity contribution in [3.8, 4) is 0 Å². The molecule has 1 N–H and O–H groups in total. The molecule has 0 unspecified atom stereocenters. The summed E-state index contributed by atoms with van der Waals surface area (Å²) in [6.07, 6.45) is 4.64. The largest absolute Gasteiger partial charge is 0.369 e. The third kappa shape index (κ3) is 3.21. The molecule has 16 heavy (non-hydrogen) atoms. The third-order valence-corrected chi connectivity index (χ3v) is 3.81. The first-order valence-corrected chi connectivity index (χ1v) is 6.85. The molecule has 0 aromatic carbocycles. The van der Waals surface area contributed by atoms with Gasteiger partial charge in [-0.05, 0) is 17.9 Å². The van der Waals surface area contributed by atoms with Gasteiger partial charge in [-0.1, -0.05) is 24.8 Å². The molecule has 0 amide bonds. The number of nitrogens with one attached hydrogen (secondary N) is 1. The van der Waals surface area contributed by atoms with Crippen LogP contribution in [0, 0.1) is 0 Å². The fourth-order valence-corrected chi connectivity index (χ4v) is 2.83. The molecule has 0 aliphatic rings. The smallest absolute Gasteiger partial charge is 0.145 e. The second kappa shape index (κ2) is 5.86. The Morgan fingerprint density at radius 2 is 2.38 bits per heavy atom. The van der Waals surface area contributed by atoms with Crippen molar-refractivity contribution < 1.29 is 0 Å². The van der Waals surface area contributed by atoms with Crippen LogP contribution in [0.4, 0.5) is 5.82 Å². The van der Waals surface area contributed by atoms with Crippen LogP contribution in [0.5, 0.6) is 0 Å². The van der Waals surface area contributed by atoms with Crippen LogP contribution in [0.1, 0.15) is 13.3 Å². The summed E-state index contributed by atoms with van der Waals surface area (Å²) in [6, 6.07) is 4.13. The summed E-state index contributed by atoms with van der Waals surface area (Å²) in [4.78, 5) is 8.66. The number of rotatable bonds is 5. The minimum Gasteiger partial charge on any atom is -0.369 e. The van der Waals surface area contributed by atoms with Crippen molar-refractivity contribution in [1.82, 2.24) is 9.97 Å². The van der Waals surface area contributed by atoms with Gasteiger partial charge in [0.1, 0.15) is 10.8 Å². The zero-order valence-corrected chi connectivity index (χ0v) is 10.6. The zero-order chi connectivity index (χ0) is 11.2. The van der Waals surface area contributed by atoms with E-state index in [-0.39, 0.29) is 0 Å². The van der Waals surface area contributed by atoms with E-state index in [4.69, 9.17) is 0 Å². The van der Waals surface area contributed by atoms with E-state index >= 15 is 0 Å². The third-order valence-electron chi connectivity index (χ3n) is 1.87. The fourth-order valence-electron chi connectivity index (χ4n) is 1.16. The normalized spacial score (nSPS) is 10.3. The van der Waals surface area contributed by atoms with E-state index in [0.717, 1.165) is 23.8 Å². The van der Waals surface area contributed by atoms with E-state index in [9.17, 15) is 0 Å². The van der Waals surface area contributed by atoms with Gasteiger partial charge in [0.2, 0.25) is 0 Å². The van der Waals surface area contributed by atoms with E-state index in [0.29, 0.717) is 0 Å². The molecule has 0 spiro atoms. The van der Waals surface area contributed by atoms with Crippen LogP contribution in [-0.4, -0.2) is 16.5 Å². The second-order valence-electron chi connectivity index (χ2n) is 3.20. The zero-order valence-electron chi connectivity index (χ0n) is 9.01. The summed E-state index contributed by atoms with van der Waals surface area (Å²) >= 11 is 3.36. The van der Waals surface area contributed by atoms with Crippen molar-refractivity contribution in [3.05, 3.63) is 29.9 Å². The standard InChI is InChI=1S/C11H13N3S2/c1-2-5-13-9-7-12-8-10(14-9)16-11-4-3-6-15-11/h3-4,6-8H,2,5H2,1H3,(H,13,14). The lowest BCUT2D eigenvalue weighted by atomic mass is 10.5. The number of nitrogens with zero attached hydrogens (tertiary/aromatic N) is 2. The summed E-state index contributed by atoms with van der Waals surface area (Å²) in [5, 5.41) is 6.23. The summed E-state index contributed by atoms with van der Waals surface area (Å²) in [5.41, 5.74) is 0. The lowest BCUT2D eigenvalue weighted by molar-refractivity contribution is 0.948. The van der Waals surface area contributed by atoms with Gasteiger partial charge < -0.3 is 5.32 Å². The Hall–Kier alpha value is -1.07. The van der Waals surface area contributed by atoms with E-state index in [1.807, 2.05) is 6.07 Å². The number of aromatic nitrogens is 2. The predicted octanol–water partition coefficient (Wildman–Crippen LogP) is 3.51. The van der Waals surface area contributed by atoms with Crippen LogP contribution < -0.4 is 5.32 Å². The highest BCUT2D eigenvalue weighted by Gasteiger charge is 2.01. The first kappa shape index (κ1) is 11.4. The van der Waals surface area contributed by atoms with Crippen LogP contribution in [0.15, 0.2) is 39.1 Å². The molecule has 0 radical (unpaired) electrons. The molecular weight excluding hydrogens is 238 g/mol. The Morgan fingerprint density at radius 1 is 1.44 bits per heavy atom. The van der Waals surface area contributed by atoms with Crippen LogP contribution in [-0.2, 0) is 0 Å². The fraction of sp³-hybridized carbons (Fsp3) is 0.273. The van der Waals surface area contributed by atoms with Gasteiger partial charge >= 0.3 is 0 Å². The number of thiophene rings is 1. The van der Waals surface area contributed by atoms with Gasteiger partial charge in [0, 0.05) is 6.54 Å². The van der Waals surface area contributed by atoms with Gasteiger partial charge in [-0.25, -0.2) is 4.98 Å². The molecule has 0 saturated carbocycles. The van der Waals surface area contributed by atoms with Crippen LogP contribution >= 0.6 is 23.1 Å². The van der Waals surface area contributed by atoms with Crippen LogP contribution in [0.3, 0.4) is 0 Å². The number of hydrogen-bond acceptors (Lipinski definition) is 5. The van der Waals surface area contributed by atoms with Gasteiger partial charge in [-0.2, -0.15) is 0 Å². The highest BCUT2D eigenvalue weighted by molar-refractivity contribution is 8.01. The quantitative estimate of drug-likeness (QED) is 0.882. The van der Waals surface area contributed by atoms with Crippen molar-refractivity contribution in [2.45, 2.75) is 22.6 Å². The van der Waals surface area contributed by atoms with Crippen LogP contribution in [0.25, 0.3) is 0 Å². The lowest BCUT2D eigenvalue weighted by Crippen LogP contribution is -2.02. The molecule has 0 aliphatic carbocycles. The second-order valence-corrected chi connectivity index (χ2v) is 5.47. The van der Waals surface area contributed by atoms with Crippen molar-refractivity contribution in [1.29, 1.82) is 0 Å². The van der Waals surface area contributed by atoms with Gasteiger partial charge in [0.05, 0.1) is 16.6 Å². The molecule has 2 aromatic heterocycles. The van der Waals surface area contributed by atoms with Gasteiger partial charge in [-0.15, -0.1) is 11.3 Å². The molecule has 5 heteroatoms. The summed E-state index contributed by atoms with van der Waals surface area (Å²) < 4.78 is 1.24. The van der Waals surface area contributed by atoms with E-state index < -0.39 is 0 Å². The van der Waals surface area contributed by atoms with Crippen molar-refractivity contribution in [3.63, 3.8) is 0 Å². The molecule has 2 aromatic rings. The molecule has 2 heterocycles. The predicted molar refractivity (Wildman–Crippen MR) is 69.3 cm³/mol. The minimum atomic E-state index is 0.850. The Bertz CT molecular complexity index is 429. The Morgan fingerprint density at radius 3 is 3.12 bits per heavy atom.